The standard InChI is InChI=1S/C12H18O3S/c1-10(2)11-6-5-8-12(3,9-7-11)16(13,14)15-4/h5-10H,1-4H3. The largest absolute Gasteiger partial charge is 0.279 e. The van der Waals surface area contributed by atoms with Gasteiger partial charge in [-0.05, 0) is 18.4 Å². The zero-order chi connectivity index (χ0) is 12.4. The summed E-state index contributed by atoms with van der Waals surface area (Å²) < 4.78 is 27.0. The van der Waals surface area contributed by atoms with Gasteiger partial charge < -0.3 is 0 Å². The van der Waals surface area contributed by atoms with Gasteiger partial charge in [0.25, 0.3) is 10.1 Å². The van der Waals surface area contributed by atoms with Crippen LogP contribution in [-0.4, -0.2) is 20.3 Å². The molecule has 90 valence electrons. The van der Waals surface area contributed by atoms with E-state index in [1.165, 1.54) is 7.11 Å². The summed E-state index contributed by atoms with van der Waals surface area (Å²) in [6.45, 7) is 5.75. The lowest BCUT2D eigenvalue weighted by Gasteiger charge is -2.19. The molecule has 1 rings (SSSR count). The summed E-state index contributed by atoms with van der Waals surface area (Å²) >= 11 is 0. The molecule has 0 saturated heterocycles. The van der Waals surface area contributed by atoms with Crippen LogP contribution in [0.1, 0.15) is 20.8 Å². The lowest BCUT2D eigenvalue weighted by Crippen LogP contribution is -2.31. The Balaban J connectivity index is 3.13. The van der Waals surface area contributed by atoms with Crippen molar-refractivity contribution in [2.75, 3.05) is 7.11 Å². The molecule has 1 aliphatic rings. The Kier molecular flexibility index (Phi) is 3.76. The van der Waals surface area contributed by atoms with E-state index in [9.17, 15) is 8.42 Å². The lowest BCUT2D eigenvalue weighted by molar-refractivity contribution is 0.386. The van der Waals surface area contributed by atoms with Crippen molar-refractivity contribution in [2.45, 2.75) is 25.5 Å². The third-order valence-corrected chi connectivity index (χ3v) is 4.54. The van der Waals surface area contributed by atoms with E-state index in [1.807, 2.05) is 12.2 Å². The Morgan fingerprint density at radius 1 is 1.31 bits per heavy atom. The van der Waals surface area contributed by atoms with Crippen LogP contribution in [0.4, 0.5) is 0 Å². The Hall–Kier alpha value is -0.870. The van der Waals surface area contributed by atoms with Gasteiger partial charge in [-0.1, -0.05) is 44.2 Å². The summed E-state index contributed by atoms with van der Waals surface area (Å²) in [7, 11) is -2.42. The summed E-state index contributed by atoms with van der Waals surface area (Å²) in [5.74, 6) is 0.369. The Morgan fingerprint density at radius 3 is 2.44 bits per heavy atom. The molecule has 0 aromatic carbocycles. The zero-order valence-electron chi connectivity index (χ0n) is 10.1. The highest BCUT2D eigenvalue weighted by Gasteiger charge is 2.35. The first-order valence-corrected chi connectivity index (χ1v) is 6.62. The summed E-state index contributed by atoms with van der Waals surface area (Å²) in [5.41, 5.74) is 1.10. The number of rotatable bonds is 3. The van der Waals surface area contributed by atoms with Gasteiger partial charge in [-0.15, -0.1) is 0 Å². The molecule has 16 heavy (non-hydrogen) atoms. The van der Waals surface area contributed by atoms with Gasteiger partial charge in [-0.3, -0.25) is 4.18 Å². The van der Waals surface area contributed by atoms with Crippen molar-refractivity contribution >= 4 is 10.1 Å². The molecule has 4 heteroatoms. The van der Waals surface area contributed by atoms with E-state index in [0.29, 0.717) is 5.92 Å². The topological polar surface area (TPSA) is 43.4 Å². The van der Waals surface area contributed by atoms with Crippen LogP contribution in [0.15, 0.2) is 36.0 Å². The number of hydrogen-bond donors (Lipinski definition) is 0. The van der Waals surface area contributed by atoms with Crippen LogP contribution in [0.25, 0.3) is 0 Å². The van der Waals surface area contributed by atoms with Crippen LogP contribution < -0.4 is 0 Å². The monoisotopic (exact) mass is 242 g/mol. The Morgan fingerprint density at radius 2 is 1.94 bits per heavy atom. The van der Waals surface area contributed by atoms with Gasteiger partial charge in [-0.25, -0.2) is 0 Å². The molecule has 0 aliphatic heterocycles. The maximum absolute atomic E-state index is 11.8. The van der Waals surface area contributed by atoms with Crippen molar-refractivity contribution in [2.24, 2.45) is 5.92 Å². The van der Waals surface area contributed by atoms with Gasteiger partial charge in [-0.2, -0.15) is 8.42 Å². The van der Waals surface area contributed by atoms with Crippen LogP contribution in [0.3, 0.4) is 0 Å². The molecule has 0 aromatic heterocycles. The van der Waals surface area contributed by atoms with E-state index < -0.39 is 14.9 Å². The van der Waals surface area contributed by atoms with Gasteiger partial charge in [0.1, 0.15) is 4.75 Å². The fourth-order valence-electron chi connectivity index (χ4n) is 1.45. The number of allylic oxidation sites excluding steroid dienone is 4. The molecule has 1 aliphatic carbocycles. The van der Waals surface area contributed by atoms with Crippen LogP contribution in [0.2, 0.25) is 0 Å². The van der Waals surface area contributed by atoms with Crippen molar-refractivity contribution in [1.29, 1.82) is 0 Å². The van der Waals surface area contributed by atoms with Crippen molar-refractivity contribution in [1.82, 2.24) is 0 Å². The van der Waals surface area contributed by atoms with Gasteiger partial charge >= 0.3 is 0 Å². The minimum absolute atomic E-state index is 0.369. The average molecular weight is 242 g/mol. The highest BCUT2D eigenvalue weighted by Crippen LogP contribution is 2.26. The second kappa shape index (κ2) is 4.55. The molecule has 0 heterocycles. The SMILES string of the molecule is COS(=O)(=O)C1(C)C=CC=C(C(C)C)C=C1. The maximum Gasteiger partial charge on any atom is 0.279 e. The molecular weight excluding hydrogens is 224 g/mol. The zero-order valence-corrected chi connectivity index (χ0v) is 10.9. The maximum atomic E-state index is 11.8. The van der Waals surface area contributed by atoms with Crippen LogP contribution >= 0.6 is 0 Å². The highest BCUT2D eigenvalue weighted by molar-refractivity contribution is 7.88. The molecule has 0 aromatic rings. The first-order valence-electron chi connectivity index (χ1n) is 5.21. The Labute approximate surface area is 97.6 Å². The smallest absolute Gasteiger partial charge is 0.273 e. The minimum atomic E-state index is -3.60. The number of hydrogen-bond acceptors (Lipinski definition) is 3. The van der Waals surface area contributed by atoms with Gasteiger partial charge in [0.05, 0.1) is 7.11 Å². The quantitative estimate of drug-likeness (QED) is 0.714. The molecule has 1 unspecified atom stereocenters. The van der Waals surface area contributed by atoms with E-state index >= 15 is 0 Å². The fourth-order valence-corrected chi connectivity index (χ4v) is 2.29. The molecule has 0 spiro atoms. The minimum Gasteiger partial charge on any atom is -0.273 e. The lowest BCUT2D eigenvalue weighted by atomic mass is 10.0. The first kappa shape index (κ1) is 13.2. The van der Waals surface area contributed by atoms with E-state index in [0.717, 1.165) is 5.57 Å². The summed E-state index contributed by atoms with van der Waals surface area (Å²) in [6, 6.07) is 0. The predicted octanol–water partition coefficient (Wildman–Crippen LogP) is 2.43. The van der Waals surface area contributed by atoms with E-state index in [2.05, 4.69) is 18.0 Å². The summed E-state index contributed by atoms with van der Waals surface area (Å²) in [5, 5.41) is 0. The van der Waals surface area contributed by atoms with Crippen molar-refractivity contribution in [3.05, 3.63) is 36.0 Å². The molecule has 0 saturated carbocycles. The van der Waals surface area contributed by atoms with Gasteiger partial charge in [0.15, 0.2) is 0 Å². The molecule has 1 atom stereocenters. The predicted molar refractivity (Wildman–Crippen MR) is 65.5 cm³/mol. The van der Waals surface area contributed by atoms with Crippen molar-refractivity contribution in [3.63, 3.8) is 0 Å². The molecule has 0 fully saturated rings. The van der Waals surface area contributed by atoms with Crippen LogP contribution in [-0.2, 0) is 14.3 Å². The third-order valence-electron chi connectivity index (χ3n) is 2.75. The van der Waals surface area contributed by atoms with Gasteiger partial charge in [0.2, 0.25) is 0 Å². The molecule has 0 amide bonds. The third kappa shape index (κ3) is 2.44. The molecular formula is C12H18O3S. The fraction of sp³-hybridized carbons (Fsp3) is 0.500. The van der Waals surface area contributed by atoms with Crippen molar-refractivity contribution in [3.8, 4) is 0 Å². The highest BCUT2D eigenvalue weighted by atomic mass is 32.2. The Bertz CT molecular complexity index is 441. The molecule has 0 N–H and O–H groups in total. The summed E-state index contributed by atoms with van der Waals surface area (Å²) in [6.07, 6.45) is 8.85. The molecule has 0 radical (unpaired) electrons. The van der Waals surface area contributed by atoms with E-state index in [1.54, 1.807) is 25.2 Å². The van der Waals surface area contributed by atoms with Crippen LogP contribution in [0.5, 0.6) is 0 Å². The molecule has 3 nitrogen and oxygen atoms in total. The van der Waals surface area contributed by atoms with Gasteiger partial charge in [0, 0.05) is 0 Å². The van der Waals surface area contributed by atoms with Crippen LogP contribution in [0, 0.1) is 5.92 Å². The normalized spacial score (nSPS) is 25.7. The second-order valence-electron chi connectivity index (χ2n) is 4.32. The second-order valence-corrected chi connectivity index (χ2v) is 6.44. The van der Waals surface area contributed by atoms with E-state index in [-0.39, 0.29) is 0 Å². The first-order chi connectivity index (χ1) is 7.32. The van der Waals surface area contributed by atoms with Crippen molar-refractivity contribution < 1.29 is 12.6 Å². The van der Waals surface area contributed by atoms with E-state index in [4.69, 9.17) is 0 Å². The summed E-state index contributed by atoms with van der Waals surface area (Å²) in [4.78, 5) is 0. The average Bonchev–Trinajstić information content (AvgIpc) is 2.41. The molecule has 0 bridgehead atoms.